The van der Waals surface area contributed by atoms with Crippen molar-refractivity contribution in [3.63, 3.8) is 0 Å². The minimum atomic E-state index is -0.312. The van der Waals surface area contributed by atoms with E-state index in [9.17, 15) is 9.18 Å². The molecule has 1 amide bonds. The molecular weight excluding hydrogens is 297 g/mol. The average molecular weight is 310 g/mol. The van der Waals surface area contributed by atoms with Crippen LogP contribution in [0.3, 0.4) is 0 Å². The number of rotatable bonds is 4. The van der Waals surface area contributed by atoms with Crippen LogP contribution < -0.4 is 5.32 Å². The fraction of sp³-hybridized carbons (Fsp3) is 0.133. The van der Waals surface area contributed by atoms with Crippen molar-refractivity contribution in [2.45, 2.75) is 11.8 Å². The molecule has 0 unspecified atom stereocenters. The Balaban J connectivity index is 1.94. The first-order valence-corrected chi connectivity index (χ1v) is 7.36. The van der Waals surface area contributed by atoms with Crippen LogP contribution in [-0.2, 0) is 4.79 Å². The Morgan fingerprint density at radius 3 is 2.75 bits per heavy atom. The highest BCUT2D eigenvalue weighted by Crippen LogP contribution is 2.23. The molecule has 0 spiro atoms. The van der Waals surface area contributed by atoms with Crippen LogP contribution in [0.1, 0.15) is 5.56 Å². The number of carbonyl (C=O) groups is 1. The van der Waals surface area contributed by atoms with Gasteiger partial charge in [-0.2, -0.15) is 0 Å². The number of carbonyl (C=O) groups excluding carboxylic acids is 1. The third kappa shape index (κ3) is 3.99. The second kappa shape index (κ2) is 6.77. The Morgan fingerprint density at radius 1 is 1.30 bits per heavy atom. The van der Waals surface area contributed by atoms with E-state index >= 15 is 0 Å². The number of halogens is 2. The number of benzene rings is 2. The second-order valence-electron chi connectivity index (χ2n) is 4.23. The summed E-state index contributed by atoms with van der Waals surface area (Å²) >= 11 is 7.02. The first-order valence-electron chi connectivity index (χ1n) is 5.99. The lowest BCUT2D eigenvalue weighted by Gasteiger charge is -2.08. The lowest BCUT2D eigenvalue weighted by molar-refractivity contribution is -0.113. The minimum absolute atomic E-state index is 0.156. The van der Waals surface area contributed by atoms with Gasteiger partial charge < -0.3 is 5.32 Å². The van der Waals surface area contributed by atoms with Gasteiger partial charge in [-0.15, -0.1) is 11.8 Å². The van der Waals surface area contributed by atoms with E-state index in [0.29, 0.717) is 15.6 Å². The summed E-state index contributed by atoms with van der Waals surface area (Å²) in [6, 6.07) is 11.6. The third-order valence-corrected chi connectivity index (χ3v) is 3.94. The van der Waals surface area contributed by atoms with E-state index in [1.54, 1.807) is 36.4 Å². The number of amides is 1. The van der Waals surface area contributed by atoms with Crippen molar-refractivity contribution in [1.82, 2.24) is 0 Å². The van der Waals surface area contributed by atoms with Crippen molar-refractivity contribution >= 4 is 35.0 Å². The molecule has 2 aromatic rings. The number of anilines is 1. The highest BCUT2D eigenvalue weighted by atomic mass is 35.5. The molecule has 0 aliphatic rings. The van der Waals surface area contributed by atoms with Gasteiger partial charge in [0.2, 0.25) is 5.91 Å². The molecule has 2 aromatic carbocycles. The van der Waals surface area contributed by atoms with Crippen LogP contribution >= 0.6 is 23.4 Å². The quantitative estimate of drug-likeness (QED) is 0.841. The standard InChI is InChI=1S/C15H13ClFNOS/c1-10-8-11(16)6-7-13(10)18-15(19)9-20-14-5-3-2-4-12(14)17/h2-8H,9H2,1H3,(H,18,19). The number of hydrogen-bond acceptors (Lipinski definition) is 2. The second-order valence-corrected chi connectivity index (χ2v) is 5.68. The lowest BCUT2D eigenvalue weighted by Crippen LogP contribution is -2.14. The van der Waals surface area contributed by atoms with Crippen molar-refractivity contribution in [2.24, 2.45) is 0 Å². The molecule has 5 heteroatoms. The average Bonchev–Trinajstić information content (AvgIpc) is 2.41. The molecule has 1 N–H and O–H groups in total. The van der Waals surface area contributed by atoms with Crippen molar-refractivity contribution in [1.29, 1.82) is 0 Å². The Bertz CT molecular complexity index is 633. The van der Waals surface area contributed by atoms with Gasteiger partial charge in [0, 0.05) is 15.6 Å². The van der Waals surface area contributed by atoms with Crippen LogP contribution in [0.15, 0.2) is 47.4 Å². The van der Waals surface area contributed by atoms with E-state index in [-0.39, 0.29) is 17.5 Å². The van der Waals surface area contributed by atoms with E-state index in [4.69, 9.17) is 11.6 Å². The van der Waals surface area contributed by atoms with Gasteiger partial charge in [0.15, 0.2) is 0 Å². The Labute approximate surface area is 126 Å². The van der Waals surface area contributed by atoms with Gasteiger partial charge in [-0.1, -0.05) is 23.7 Å². The Kier molecular flexibility index (Phi) is 5.04. The van der Waals surface area contributed by atoms with Crippen LogP contribution in [0.5, 0.6) is 0 Å². The van der Waals surface area contributed by atoms with Gasteiger partial charge in [0.1, 0.15) is 5.82 Å². The molecule has 2 rings (SSSR count). The molecule has 0 atom stereocenters. The number of aryl methyl sites for hydroxylation is 1. The van der Waals surface area contributed by atoms with E-state index in [0.717, 1.165) is 5.56 Å². The summed E-state index contributed by atoms with van der Waals surface area (Å²) in [7, 11) is 0. The molecule has 0 fully saturated rings. The summed E-state index contributed by atoms with van der Waals surface area (Å²) in [5, 5.41) is 3.41. The summed E-state index contributed by atoms with van der Waals surface area (Å²) < 4.78 is 13.4. The first kappa shape index (κ1) is 14.9. The monoisotopic (exact) mass is 309 g/mol. The third-order valence-electron chi connectivity index (χ3n) is 2.66. The smallest absolute Gasteiger partial charge is 0.234 e. The molecule has 0 heterocycles. The zero-order valence-corrected chi connectivity index (χ0v) is 12.4. The molecular formula is C15H13ClFNOS. The van der Waals surface area contributed by atoms with E-state index < -0.39 is 0 Å². The molecule has 0 aliphatic carbocycles. The summed E-state index contributed by atoms with van der Waals surface area (Å²) in [4.78, 5) is 12.3. The largest absolute Gasteiger partial charge is 0.325 e. The maximum Gasteiger partial charge on any atom is 0.234 e. The number of nitrogens with one attached hydrogen (secondary N) is 1. The fourth-order valence-electron chi connectivity index (χ4n) is 1.66. The molecule has 0 bridgehead atoms. The van der Waals surface area contributed by atoms with Gasteiger partial charge in [-0.25, -0.2) is 4.39 Å². The van der Waals surface area contributed by atoms with Crippen molar-refractivity contribution < 1.29 is 9.18 Å². The predicted molar refractivity (Wildman–Crippen MR) is 81.9 cm³/mol. The summed E-state index contributed by atoms with van der Waals surface area (Å²) in [5.74, 6) is -0.333. The van der Waals surface area contributed by atoms with Gasteiger partial charge in [-0.05, 0) is 42.8 Å². The van der Waals surface area contributed by atoms with Crippen molar-refractivity contribution in [3.05, 3.63) is 58.9 Å². The number of thioether (sulfide) groups is 1. The maximum absolute atomic E-state index is 13.4. The highest BCUT2D eigenvalue weighted by molar-refractivity contribution is 8.00. The van der Waals surface area contributed by atoms with E-state index in [2.05, 4.69) is 5.32 Å². The molecule has 0 saturated heterocycles. The molecule has 104 valence electrons. The van der Waals surface area contributed by atoms with E-state index in [1.807, 2.05) is 6.92 Å². The summed E-state index contributed by atoms with van der Waals surface area (Å²) in [5.41, 5.74) is 1.61. The normalized spacial score (nSPS) is 10.3. The van der Waals surface area contributed by atoms with Gasteiger partial charge in [0.05, 0.1) is 5.75 Å². The van der Waals surface area contributed by atoms with Crippen LogP contribution in [0, 0.1) is 12.7 Å². The molecule has 2 nitrogen and oxygen atoms in total. The van der Waals surface area contributed by atoms with Crippen molar-refractivity contribution in [2.75, 3.05) is 11.1 Å². The highest BCUT2D eigenvalue weighted by Gasteiger charge is 2.08. The van der Waals surface area contributed by atoms with Gasteiger partial charge >= 0.3 is 0 Å². The predicted octanol–water partition coefficient (Wildman–Crippen LogP) is 4.52. The van der Waals surface area contributed by atoms with Crippen LogP contribution in [-0.4, -0.2) is 11.7 Å². The zero-order chi connectivity index (χ0) is 14.5. The minimum Gasteiger partial charge on any atom is -0.325 e. The van der Waals surface area contributed by atoms with Crippen molar-refractivity contribution in [3.8, 4) is 0 Å². The molecule has 20 heavy (non-hydrogen) atoms. The summed E-state index contributed by atoms with van der Waals surface area (Å²) in [6.07, 6.45) is 0. The maximum atomic E-state index is 13.4. The number of hydrogen-bond donors (Lipinski definition) is 1. The SMILES string of the molecule is Cc1cc(Cl)ccc1NC(=O)CSc1ccccc1F. The lowest BCUT2D eigenvalue weighted by atomic mass is 10.2. The zero-order valence-electron chi connectivity index (χ0n) is 10.8. The molecule has 0 aromatic heterocycles. The summed E-state index contributed by atoms with van der Waals surface area (Å²) in [6.45, 7) is 1.87. The molecule has 0 saturated carbocycles. The van der Waals surface area contributed by atoms with Crippen LogP contribution in [0.4, 0.5) is 10.1 Å². The van der Waals surface area contributed by atoms with Crippen LogP contribution in [0.25, 0.3) is 0 Å². The Hall–Kier alpha value is -1.52. The molecule has 0 aliphatic heterocycles. The van der Waals surface area contributed by atoms with E-state index in [1.165, 1.54) is 17.8 Å². The van der Waals surface area contributed by atoms with Gasteiger partial charge in [0.25, 0.3) is 0 Å². The van der Waals surface area contributed by atoms with Gasteiger partial charge in [-0.3, -0.25) is 4.79 Å². The fourth-order valence-corrected chi connectivity index (χ4v) is 2.62. The topological polar surface area (TPSA) is 29.1 Å². The molecule has 0 radical (unpaired) electrons. The first-order chi connectivity index (χ1) is 9.56. The van der Waals surface area contributed by atoms with Crippen LogP contribution in [0.2, 0.25) is 5.02 Å². The Morgan fingerprint density at radius 2 is 2.05 bits per heavy atom.